The summed E-state index contributed by atoms with van der Waals surface area (Å²) in [5.41, 5.74) is 2.56. The highest BCUT2D eigenvalue weighted by molar-refractivity contribution is 6.73. The SMILES string of the molecule is C=C(C)[C@@H](OC(=O)N1CCC1)[C@H]1C[C@@H](C)[C@H]2[C@H](O1)[C@H](O[Si](CC)(CC)CC)[C@@]1(C)[C@@H]3CC[C@H]4C(C)(C)[C@@H](C)CC[C@@]45C[C@@]35CC[C@]21C. The number of nitrogens with zero attached hydrogens (tertiary/aromatic N) is 1. The topological polar surface area (TPSA) is 48.0 Å². The van der Waals surface area contributed by atoms with Gasteiger partial charge < -0.3 is 18.8 Å². The molecule has 0 aromatic heterocycles. The molecule has 266 valence electrons. The molecule has 5 aliphatic carbocycles. The van der Waals surface area contributed by atoms with E-state index in [0.29, 0.717) is 34.0 Å². The number of amides is 1. The zero-order chi connectivity index (χ0) is 33.9. The molecule has 47 heavy (non-hydrogen) atoms. The van der Waals surface area contributed by atoms with Crippen molar-refractivity contribution in [1.29, 1.82) is 0 Å². The first-order valence-corrected chi connectivity index (χ1v) is 22.6. The van der Waals surface area contributed by atoms with Gasteiger partial charge in [-0.3, -0.25) is 0 Å². The van der Waals surface area contributed by atoms with Crippen LogP contribution in [0.4, 0.5) is 4.79 Å². The maximum absolute atomic E-state index is 13.1. The van der Waals surface area contributed by atoms with E-state index in [4.69, 9.17) is 13.9 Å². The van der Waals surface area contributed by atoms with Crippen LogP contribution in [-0.4, -0.2) is 56.8 Å². The Kier molecular flexibility index (Phi) is 8.33. The monoisotopic (exact) mass is 667 g/mol. The summed E-state index contributed by atoms with van der Waals surface area (Å²) in [6.45, 7) is 30.8. The van der Waals surface area contributed by atoms with Gasteiger partial charge in [0.1, 0.15) is 0 Å². The summed E-state index contributed by atoms with van der Waals surface area (Å²) in [4.78, 5) is 15.0. The molecule has 0 aromatic carbocycles. The average Bonchev–Trinajstić information content (AvgIpc) is 3.63. The smallest absolute Gasteiger partial charge is 0.410 e. The molecule has 5 nitrogen and oxygen atoms in total. The van der Waals surface area contributed by atoms with Crippen LogP contribution in [0.5, 0.6) is 0 Å². The van der Waals surface area contributed by atoms with E-state index in [1.165, 1.54) is 44.9 Å². The average molecular weight is 668 g/mol. The largest absolute Gasteiger partial charge is 0.439 e. The van der Waals surface area contributed by atoms with E-state index in [0.717, 1.165) is 61.5 Å². The second kappa shape index (κ2) is 11.3. The molecule has 7 rings (SSSR count). The van der Waals surface area contributed by atoms with Crippen molar-refractivity contribution < 1.29 is 18.7 Å². The lowest BCUT2D eigenvalue weighted by Gasteiger charge is -2.64. The minimum Gasteiger partial charge on any atom is -0.439 e. The third kappa shape index (κ3) is 4.47. The Labute approximate surface area is 288 Å². The summed E-state index contributed by atoms with van der Waals surface area (Å²) < 4.78 is 21.6. The molecule has 5 saturated carbocycles. The molecular weight excluding hydrogens is 599 g/mol. The maximum Gasteiger partial charge on any atom is 0.410 e. The molecule has 2 heterocycles. The molecule has 7 aliphatic rings. The van der Waals surface area contributed by atoms with Gasteiger partial charge in [0.2, 0.25) is 0 Å². The zero-order valence-electron chi connectivity index (χ0n) is 31.9. The second-order valence-corrected chi connectivity index (χ2v) is 24.0. The highest BCUT2D eigenvalue weighted by Gasteiger charge is 2.84. The molecule has 2 spiro atoms. The van der Waals surface area contributed by atoms with Gasteiger partial charge in [-0.1, -0.05) is 68.9 Å². The van der Waals surface area contributed by atoms with Gasteiger partial charge in [-0.2, -0.15) is 0 Å². The Balaban J connectivity index is 1.28. The fourth-order valence-electron chi connectivity index (χ4n) is 14.3. The highest BCUT2D eigenvalue weighted by Crippen LogP contribution is 2.89. The Morgan fingerprint density at radius 1 is 0.957 bits per heavy atom. The predicted octanol–water partition coefficient (Wildman–Crippen LogP) is 10.3. The van der Waals surface area contributed by atoms with E-state index in [-0.39, 0.29) is 35.2 Å². The molecule has 1 amide bonds. The fraction of sp³-hybridized carbons (Fsp3) is 0.927. The first kappa shape index (κ1) is 34.6. The van der Waals surface area contributed by atoms with Gasteiger partial charge in [-0.25, -0.2) is 4.79 Å². The van der Waals surface area contributed by atoms with Crippen molar-refractivity contribution in [2.45, 2.75) is 170 Å². The number of carbonyl (C=O) groups is 1. The molecule has 2 aliphatic heterocycles. The Bertz CT molecular complexity index is 1250. The third-order valence-corrected chi connectivity index (χ3v) is 22.4. The van der Waals surface area contributed by atoms with E-state index in [1.54, 1.807) is 0 Å². The van der Waals surface area contributed by atoms with Crippen LogP contribution < -0.4 is 0 Å². The van der Waals surface area contributed by atoms with Crippen molar-refractivity contribution in [2.75, 3.05) is 13.1 Å². The molecular formula is C41H69NO4Si. The number of likely N-dealkylation sites (tertiary alicyclic amines) is 1. The van der Waals surface area contributed by atoms with Crippen molar-refractivity contribution in [3.05, 3.63) is 12.2 Å². The number of hydrogen-bond acceptors (Lipinski definition) is 4. The van der Waals surface area contributed by atoms with E-state index >= 15 is 0 Å². The lowest BCUT2D eigenvalue weighted by atomic mass is 9.41. The van der Waals surface area contributed by atoms with Crippen LogP contribution in [0, 0.1) is 56.7 Å². The fourth-order valence-corrected chi connectivity index (χ4v) is 17.2. The van der Waals surface area contributed by atoms with Crippen LogP contribution in [0.3, 0.4) is 0 Å². The summed E-state index contributed by atoms with van der Waals surface area (Å²) in [7, 11) is -1.97. The Morgan fingerprint density at radius 2 is 1.60 bits per heavy atom. The van der Waals surface area contributed by atoms with Gasteiger partial charge in [-0.05, 0) is 140 Å². The van der Waals surface area contributed by atoms with Gasteiger partial charge in [0.25, 0.3) is 0 Å². The van der Waals surface area contributed by atoms with Gasteiger partial charge in [-0.15, -0.1) is 0 Å². The number of hydrogen-bond donors (Lipinski definition) is 0. The lowest BCUT2D eigenvalue weighted by Crippen LogP contribution is -2.60. The molecule has 7 fully saturated rings. The first-order chi connectivity index (χ1) is 22.1. The van der Waals surface area contributed by atoms with Crippen molar-refractivity contribution in [3.63, 3.8) is 0 Å². The van der Waals surface area contributed by atoms with E-state index in [1.807, 2.05) is 11.8 Å². The standard InChI is InChI=1S/C41H69NO4Si/c1-12-47(13-2,14-3)46-35-34-32(27(6)24-29(44-34)33(26(4)5)45-36(43)42-22-15-23-42)38(10)20-21-41-25-40(41)19-18-28(7)37(8,9)30(40)16-17-31(41)39(35,38)11/h27-35H,4,12-25H2,1-3,5-11H3/t27-,28+,29-,30+,31+,32+,33-,34+,35+,38-,39-,40-,41+/m1/s1. The molecule has 2 saturated heterocycles. The Morgan fingerprint density at radius 3 is 2.19 bits per heavy atom. The van der Waals surface area contributed by atoms with Crippen molar-refractivity contribution in [3.8, 4) is 0 Å². The van der Waals surface area contributed by atoms with E-state index in [9.17, 15) is 4.79 Å². The zero-order valence-corrected chi connectivity index (χ0v) is 32.9. The quantitative estimate of drug-likeness (QED) is 0.191. The third-order valence-electron chi connectivity index (χ3n) is 17.8. The Hall–Kier alpha value is -0.853. The summed E-state index contributed by atoms with van der Waals surface area (Å²) >= 11 is 0. The molecule has 0 radical (unpaired) electrons. The maximum atomic E-state index is 13.1. The van der Waals surface area contributed by atoms with Gasteiger partial charge in [0.05, 0.1) is 18.3 Å². The summed E-state index contributed by atoms with van der Waals surface area (Å²) in [6, 6.07) is 3.49. The van der Waals surface area contributed by atoms with Crippen molar-refractivity contribution in [2.24, 2.45) is 56.7 Å². The normalized spacial score (nSPS) is 48.5. The summed E-state index contributed by atoms with van der Waals surface area (Å²) in [5.74, 6) is 3.29. The second-order valence-electron chi connectivity index (χ2n) is 19.3. The van der Waals surface area contributed by atoms with Crippen LogP contribution in [-0.2, 0) is 13.9 Å². The number of ether oxygens (including phenoxy) is 2. The summed E-state index contributed by atoms with van der Waals surface area (Å²) in [5, 5.41) is 0. The lowest BCUT2D eigenvalue weighted by molar-refractivity contribution is -0.172. The first-order valence-electron chi connectivity index (χ1n) is 20.1. The van der Waals surface area contributed by atoms with Crippen molar-refractivity contribution in [1.82, 2.24) is 4.90 Å². The molecule has 0 bridgehead atoms. The number of rotatable bonds is 8. The minimum absolute atomic E-state index is 0.0326. The molecule has 13 atom stereocenters. The summed E-state index contributed by atoms with van der Waals surface area (Å²) in [6.07, 6.45) is 11.0. The molecule has 0 N–H and O–H groups in total. The molecule has 6 heteroatoms. The van der Waals surface area contributed by atoms with Crippen LogP contribution in [0.25, 0.3) is 0 Å². The van der Waals surface area contributed by atoms with Gasteiger partial charge in [0, 0.05) is 18.5 Å². The van der Waals surface area contributed by atoms with Crippen molar-refractivity contribution >= 4 is 14.4 Å². The van der Waals surface area contributed by atoms with Crippen LogP contribution in [0.2, 0.25) is 18.1 Å². The van der Waals surface area contributed by atoms with Gasteiger partial charge >= 0.3 is 6.09 Å². The minimum atomic E-state index is -1.97. The van der Waals surface area contributed by atoms with Crippen LogP contribution >= 0.6 is 0 Å². The van der Waals surface area contributed by atoms with Crippen LogP contribution in [0.15, 0.2) is 12.2 Å². The number of fused-ring (bicyclic) bond motifs is 4. The van der Waals surface area contributed by atoms with E-state index < -0.39 is 14.4 Å². The van der Waals surface area contributed by atoms with E-state index in [2.05, 4.69) is 68.9 Å². The molecule has 0 aromatic rings. The van der Waals surface area contributed by atoms with Gasteiger partial charge in [0.15, 0.2) is 14.4 Å². The molecule has 0 unspecified atom stereocenters. The highest BCUT2D eigenvalue weighted by atomic mass is 28.4. The number of carbonyl (C=O) groups excluding carboxylic acids is 1. The van der Waals surface area contributed by atoms with Crippen LogP contribution in [0.1, 0.15) is 127 Å². The predicted molar refractivity (Wildman–Crippen MR) is 193 cm³/mol.